The molecule has 5 heteroatoms. The van der Waals surface area contributed by atoms with Crippen LogP contribution in [0.3, 0.4) is 0 Å². The predicted molar refractivity (Wildman–Crippen MR) is 79.2 cm³/mol. The number of aromatic nitrogens is 3. The molecular formula is C14H13BrN4. The number of halogens is 1. The zero-order valence-electron chi connectivity index (χ0n) is 10.5. The minimum atomic E-state index is 0.723. The summed E-state index contributed by atoms with van der Waals surface area (Å²) in [5.74, 6) is 0. The highest BCUT2D eigenvalue weighted by Crippen LogP contribution is 2.13. The zero-order valence-corrected chi connectivity index (χ0v) is 12.1. The Morgan fingerprint density at radius 1 is 1.16 bits per heavy atom. The van der Waals surface area contributed by atoms with Crippen molar-refractivity contribution in [3.05, 3.63) is 58.7 Å². The van der Waals surface area contributed by atoms with Gasteiger partial charge in [-0.1, -0.05) is 17.7 Å². The molecule has 1 N–H and O–H groups in total. The molecule has 1 aromatic carbocycles. The van der Waals surface area contributed by atoms with E-state index in [4.69, 9.17) is 0 Å². The highest BCUT2D eigenvalue weighted by molar-refractivity contribution is 9.10. The van der Waals surface area contributed by atoms with Gasteiger partial charge in [0, 0.05) is 11.9 Å². The first-order valence-electron chi connectivity index (χ1n) is 6.00. The van der Waals surface area contributed by atoms with E-state index in [2.05, 4.69) is 62.4 Å². The van der Waals surface area contributed by atoms with Crippen LogP contribution in [-0.4, -0.2) is 14.4 Å². The molecule has 0 saturated heterocycles. The van der Waals surface area contributed by atoms with E-state index in [-0.39, 0.29) is 0 Å². The average molecular weight is 317 g/mol. The standard InChI is InChI=1S/C14H13BrN4/c1-10-2-4-11(5-3-10)16-6-12-7-18-14-8-17-13(15)9-19(12)14/h2-5,7-9,16H,6H2,1H3. The number of hydrogen-bond acceptors (Lipinski definition) is 3. The van der Waals surface area contributed by atoms with Gasteiger partial charge in [0.2, 0.25) is 0 Å². The summed E-state index contributed by atoms with van der Waals surface area (Å²) in [7, 11) is 0. The summed E-state index contributed by atoms with van der Waals surface area (Å²) in [5.41, 5.74) is 4.31. The largest absolute Gasteiger partial charge is 0.379 e. The summed E-state index contributed by atoms with van der Waals surface area (Å²) in [6.07, 6.45) is 5.54. The molecule has 3 aromatic rings. The molecule has 96 valence electrons. The Kier molecular flexibility index (Phi) is 3.21. The van der Waals surface area contributed by atoms with Crippen LogP contribution < -0.4 is 5.32 Å². The Hall–Kier alpha value is -1.88. The molecular weight excluding hydrogens is 304 g/mol. The number of nitrogens with one attached hydrogen (secondary N) is 1. The first-order valence-corrected chi connectivity index (χ1v) is 6.80. The molecule has 0 aliphatic rings. The van der Waals surface area contributed by atoms with Crippen molar-refractivity contribution in [1.29, 1.82) is 0 Å². The Morgan fingerprint density at radius 2 is 1.95 bits per heavy atom. The molecule has 0 spiro atoms. The fourth-order valence-electron chi connectivity index (χ4n) is 1.91. The Labute approximate surface area is 119 Å². The van der Waals surface area contributed by atoms with Crippen LogP contribution in [0.4, 0.5) is 5.69 Å². The molecule has 0 atom stereocenters. The van der Waals surface area contributed by atoms with Gasteiger partial charge in [-0.05, 0) is 35.0 Å². The van der Waals surface area contributed by atoms with Crippen molar-refractivity contribution in [2.75, 3.05) is 5.32 Å². The number of hydrogen-bond donors (Lipinski definition) is 1. The van der Waals surface area contributed by atoms with Gasteiger partial charge in [-0.2, -0.15) is 0 Å². The second kappa shape index (κ2) is 5.01. The fourth-order valence-corrected chi connectivity index (χ4v) is 2.22. The number of fused-ring (bicyclic) bond motifs is 1. The molecule has 0 fully saturated rings. The SMILES string of the molecule is Cc1ccc(NCc2cnc3cnc(Br)cn23)cc1. The van der Waals surface area contributed by atoms with E-state index < -0.39 is 0 Å². The molecule has 4 nitrogen and oxygen atoms in total. The third kappa shape index (κ3) is 2.61. The van der Waals surface area contributed by atoms with Gasteiger partial charge in [-0.15, -0.1) is 0 Å². The van der Waals surface area contributed by atoms with E-state index >= 15 is 0 Å². The molecule has 0 saturated carbocycles. The van der Waals surface area contributed by atoms with Gasteiger partial charge in [0.1, 0.15) is 4.60 Å². The van der Waals surface area contributed by atoms with E-state index in [1.807, 2.05) is 16.8 Å². The topological polar surface area (TPSA) is 42.2 Å². The maximum Gasteiger partial charge on any atom is 0.155 e. The Balaban J connectivity index is 1.81. The van der Waals surface area contributed by atoms with Crippen molar-refractivity contribution in [2.45, 2.75) is 13.5 Å². The van der Waals surface area contributed by atoms with Crippen LogP contribution >= 0.6 is 15.9 Å². The van der Waals surface area contributed by atoms with Gasteiger partial charge in [0.15, 0.2) is 5.65 Å². The number of anilines is 1. The summed E-state index contributed by atoms with van der Waals surface area (Å²) in [6.45, 7) is 2.81. The normalized spacial score (nSPS) is 10.8. The minimum absolute atomic E-state index is 0.723. The number of aryl methyl sites for hydroxylation is 1. The monoisotopic (exact) mass is 316 g/mol. The van der Waals surface area contributed by atoms with Crippen molar-refractivity contribution in [2.24, 2.45) is 0 Å². The number of rotatable bonds is 3. The second-order valence-corrected chi connectivity index (χ2v) is 5.22. The van der Waals surface area contributed by atoms with Crippen LogP contribution in [0.15, 0.2) is 47.5 Å². The lowest BCUT2D eigenvalue weighted by Crippen LogP contribution is -2.02. The lowest BCUT2D eigenvalue weighted by molar-refractivity contribution is 0.983. The second-order valence-electron chi connectivity index (χ2n) is 4.41. The van der Waals surface area contributed by atoms with E-state index in [0.717, 1.165) is 28.2 Å². The van der Waals surface area contributed by atoms with Gasteiger partial charge in [-0.25, -0.2) is 9.97 Å². The number of imidazole rings is 1. The molecule has 2 heterocycles. The summed E-state index contributed by atoms with van der Waals surface area (Å²) < 4.78 is 2.83. The predicted octanol–water partition coefficient (Wildman–Crippen LogP) is 3.41. The molecule has 0 aliphatic carbocycles. The van der Waals surface area contributed by atoms with Gasteiger partial charge >= 0.3 is 0 Å². The number of benzene rings is 1. The average Bonchev–Trinajstić information content (AvgIpc) is 2.80. The van der Waals surface area contributed by atoms with E-state index in [9.17, 15) is 0 Å². The molecule has 0 radical (unpaired) electrons. The highest BCUT2D eigenvalue weighted by Gasteiger charge is 2.04. The first-order chi connectivity index (χ1) is 9.22. The summed E-state index contributed by atoms with van der Waals surface area (Å²) >= 11 is 3.38. The van der Waals surface area contributed by atoms with Crippen molar-refractivity contribution < 1.29 is 0 Å². The van der Waals surface area contributed by atoms with Crippen molar-refractivity contribution in [3.63, 3.8) is 0 Å². The molecule has 2 aromatic heterocycles. The first kappa shape index (κ1) is 12.2. The van der Waals surface area contributed by atoms with Gasteiger partial charge in [0.25, 0.3) is 0 Å². The number of nitrogens with zero attached hydrogens (tertiary/aromatic N) is 3. The van der Waals surface area contributed by atoms with Crippen LogP contribution in [0.5, 0.6) is 0 Å². The highest BCUT2D eigenvalue weighted by atomic mass is 79.9. The fraction of sp³-hybridized carbons (Fsp3) is 0.143. The quantitative estimate of drug-likeness (QED) is 0.805. The van der Waals surface area contributed by atoms with E-state index in [0.29, 0.717) is 0 Å². The minimum Gasteiger partial charge on any atom is -0.379 e. The maximum atomic E-state index is 4.33. The van der Waals surface area contributed by atoms with Crippen LogP contribution in [0.1, 0.15) is 11.3 Å². The zero-order chi connectivity index (χ0) is 13.2. The Morgan fingerprint density at radius 3 is 2.74 bits per heavy atom. The Bertz CT molecular complexity index is 703. The molecule has 0 amide bonds. The lowest BCUT2D eigenvalue weighted by Gasteiger charge is -2.06. The van der Waals surface area contributed by atoms with Crippen LogP contribution in [0.2, 0.25) is 0 Å². The van der Waals surface area contributed by atoms with Crippen LogP contribution in [-0.2, 0) is 6.54 Å². The smallest absolute Gasteiger partial charge is 0.155 e. The molecule has 19 heavy (non-hydrogen) atoms. The summed E-state index contributed by atoms with van der Waals surface area (Å²) in [5, 5.41) is 3.39. The summed E-state index contributed by atoms with van der Waals surface area (Å²) in [4.78, 5) is 8.49. The van der Waals surface area contributed by atoms with Crippen molar-refractivity contribution in [3.8, 4) is 0 Å². The van der Waals surface area contributed by atoms with E-state index in [1.54, 1.807) is 6.20 Å². The van der Waals surface area contributed by atoms with Gasteiger partial charge < -0.3 is 5.32 Å². The van der Waals surface area contributed by atoms with Gasteiger partial charge in [0.05, 0.1) is 24.6 Å². The van der Waals surface area contributed by atoms with Crippen LogP contribution in [0, 0.1) is 6.92 Å². The molecule has 0 bridgehead atoms. The third-order valence-corrected chi connectivity index (χ3v) is 3.38. The molecule has 0 unspecified atom stereocenters. The van der Waals surface area contributed by atoms with E-state index in [1.165, 1.54) is 5.56 Å². The van der Waals surface area contributed by atoms with Crippen molar-refractivity contribution >= 4 is 27.3 Å². The van der Waals surface area contributed by atoms with Gasteiger partial charge in [-0.3, -0.25) is 4.40 Å². The molecule has 0 aliphatic heterocycles. The lowest BCUT2D eigenvalue weighted by atomic mass is 10.2. The maximum absolute atomic E-state index is 4.33. The van der Waals surface area contributed by atoms with Crippen LogP contribution in [0.25, 0.3) is 5.65 Å². The third-order valence-electron chi connectivity index (χ3n) is 2.97. The molecule has 3 rings (SSSR count). The summed E-state index contributed by atoms with van der Waals surface area (Å²) in [6, 6.07) is 8.35. The van der Waals surface area contributed by atoms with Crippen molar-refractivity contribution in [1.82, 2.24) is 14.4 Å².